The molecule has 1 unspecified atom stereocenters. The van der Waals surface area contributed by atoms with Gasteiger partial charge in [-0.2, -0.15) is 18.4 Å². The van der Waals surface area contributed by atoms with Crippen molar-refractivity contribution >= 4 is 0 Å². The SMILES string of the molecule is N#Cc1cc(C(N)C(F)(F)F)c[nH]1. The van der Waals surface area contributed by atoms with Crippen LogP contribution in [-0.2, 0) is 0 Å². The highest BCUT2D eigenvalue weighted by molar-refractivity contribution is 5.29. The maximum Gasteiger partial charge on any atom is 0.407 e. The van der Waals surface area contributed by atoms with Gasteiger partial charge in [0.15, 0.2) is 0 Å². The van der Waals surface area contributed by atoms with Crippen molar-refractivity contribution in [3.8, 4) is 6.07 Å². The Bertz CT molecular complexity index is 333. The second kappa shape index (κ2) is 3.11. The number of rotatable bonds is 1. The molecule has 1 heterocycles. The summed E-state index contributed by atoms with van der Waals surface area (Å²) in [5.41, 5.74) is 4.82. The van der Waals surface area contributed by atoms with E-state index in [-0.39, 0.29) is 11.3 Å². The van der Waals surface area contributed by atoms with E-state index in [4.69, 9.17) is 11.0 Å². The molecule has 0 spiro atoms. The van der Waals surface area contributed by atoms with E-state index in [1.807, 2.05) is 0 Å². The summed E-state index contributed by atoms with van der Waals surface area (Å²) in [6.45, 7) is 0. The summed E-state index contributed by atoms with van der Waals surface area (Å²) in [7, 11) is 0. The van der Waals surface area contributed by atoms with E-state index in [1.165, 1.54) is 0 Å². The fraction of sp³-hybridized carbons (Fsp3) is 0.286. The van der Waals surface area contributed by atoms with Crippen molar-refractivity contribution in [2.75, 3.05) is 0 Å². The number of nitrogens with one attached hydrogen (secondary N) is 1. The summed E-state index contributed by atoms with van der Waals surface area (Å²) in [5, 5.41) is 8.33. The standard InChI is InChI=1S/C7H6F3N3/c8-7(9,10)6(12)4-1-5(2-11)13-3-4/h1,3,6,13H,12H2. The van der Waals surface area contributed by atoms with Crippen LogP contribution >= 0.6 is 0 Å². The maximum absolute atomic E-state index is 12.0. The van der Waals surface area contributed by atoms with E-state index in [9.17, 15) is 13.2 Å². The molecule has 1 aromatic rings. The molecular weight excluding hydrogens is 183 g/mol. The zero-order chi connectivity index (χ0) is 10.1. The van der Waals surface area contributed by atoms with E-state index >= 15 is 0 Å². The van der Waals surface area contributed by atoms with Crippen LogP contribution in [0.1, 0.15) is 17.3 Å². The lowest BCUT2D eigenvalue weighted by atomic mass is 10.1. The van der Waals surface area contributed by atoms with Crippen LogP contribution in [0, 0.1) is 11.3 Å². The molecule has 1 atom stereocenters. The van der Waals surface area contributed by atoms with E-state index in [0.717, 1.165) is 12.3 Å². The first-order valence-electron chi connectivity index (χ1n) is 3.36. The average molecular weight is 189 g/mol. The van der Waals surface area contributed by atoms with Gasteiger partial charge >= 0.3 is 6.18 Å². The number of nitriles is 1. The highest BCUT2D eigenvalue weighted by Gasteiger charge is 2.38. The fourth-order valence-electron chi connectivity index (χ4n) is 0.844. The zero-order valence-electron chi connectivity index (χ0n) is 6.39. The van der Waals surface area contributed by atoms with E-state index < -0.39 is 12.2 Å². The number of aromatic amines is 1. The van der Waals surface area contributed by atoms with E-state index in [2.05, 4.69) is 4.98 Å². The highest BCUT2D eigenvalue weighted by atomic mass is 19.4. The number of aromatic nitrogens is 1. The van der Waals surface area contributed by atoms with E-state index in [1.54, 1.807) is 6.07 Å². The average Bonchev–Trinajstić information content (AvgIpc) is 2.48. The van der Waals surface area contributed by atoms with Gasteiger partial charge in [-0.3, -0.25) is 0 Å². The molecule has 6 heteroatoms. The van der Waals surface area contributed by atoms with Gasteiger partial charge in [0.2, 0.25) is 0 Å². The zero-order valence-corrected chi connectivity index (χ0v) is 6.39. The second-order valence-electron chi connectivity index (χ2n) is 2.48. The van der Waals surface area contributed by atoms with Gasteiger partial charge in [-0.1, -0.05) is 0 Å². The number of hydrogen-bond acceptors (Lipinski definition) is 2. The van der Waals surface area contributed by atoms with Crippen molar-refractivity contribution < 1.29 is 13.2 Å². The predicted octanol–water partition coefficient (Wildman–Crippen LogP) is 1.45. The minimum atomic E-state index is -4.48. The van der Waals surface area contributed by atoms with Gasteiger partial charge in [0.1, 0.15) is 17.8 Å². The first kappa shape index (κ1) is 9.61. The molecule has 0 bridgehead atoms. The molecule has 1 rings (SSSR count). The molecule has 0 aliphatic carbocycles. The Morgan fingerprint density at radius 3 is 2.54 bits per heavy atom. The third-order valence-corrected chi connectivity index (χ3v) is 1.54. The molecule has 3 N–H and O–H groups in total. The van der Waals surface area contributed by atoms with Crippen LogP contribution in [0.4, 0.5) is 13.2 Å². The lowest BCUT2D eigenvalue weighted by molar-refractivity contribution is -0.149. The number of nitrogens with zero attached hydrogens (tertiary/aromatic N) is 1. The van der Waals surface area contributed by atoms with Crippen LogP contribution < -0.4 is 5.73 Å². The topological polar surface area (TPSA) is 65.6 Å². The molecule has 0 aliphatic rings. The first-order chi connectivity index (χ1) is 5.95. The number of halogens is 3. The van der Waals surface area contributed by atoms with E-state index in [0.29, 0.717) is 0 Å². The molecule has 0 amide bonds. The number of hydrogen-bond donors (Lipinski definition) is 2. The molecule has 1 aromatic heterocycles. The Morgan fingerprint density at radius 1 is 1.54 bits per heavy atom. The Labute approximate surface area is 72.0 Å². The lowest BCUT2D eigenvalue weighted by Crippen LogP contribution is -2.27. The van der Waals surface area contributed by atoms with Crippen molar-refractivity contribution in [1.29, 1.82) is 5.26 Å². The van der Waals surface area contributed by atoms with Gasteiger partial charge < -0.3 is 10.7 Å². The molecule has 70 valence electrons. The third kappa shape index (κ3) is 2.00. The Hall–Kier alpha value is -1.48. The van der Waals surface area contributed by atoms with Crippen LogP contribution in [0.15, 0.2) is 12.3 Å². The molecule has 0 aromatic carbocycles. The summed E-state index contributed by atoms with van der Waals surface area (Å²) in [4.78, 5) is 2.37. The summed E-state index contributed by atoms with van der Waals surface area (Å²) in [6.07, 6.45) is -3.40. The van der Waals surface area contributed by atoms with Gasteiger partial charge in [0.25, 0.3) is 0 Å². The van der Waals surface area contributed by atoms with Gasteiger partial charge in [0, 0.05) is 6.20 Å². The predicted molar refractivity (Wildman–Crippen MR) is 38.5 cm³/mol. The Balaban J connectivity index is 2.91. The third-order valence-electron chi connectivity index (χ3n) is 1.54. The summed E-state index contributed by atoms with van der Waals surface area (Å²) >= 11 is 0. The lowest BCUT2D eigenvalue weighted by Gasteiger charge is -2.13. The van der Waals surface area contributed by atoms with Gasteiger partial charge in [0.05, 0.1) is 0 Å². The van der Waals surface area contributed by atoms with Gasteiger partial charge in [-0.15, -0.1) is 0 Å². The normalized spacial score (nSPS) is 13.8. The molecule has 3 nitrogen and oxygen atoms in total. The van der Waals surface area contributed by atoms with Crippen molar-refractivity contribution in [2.45, 2.75) is 12.2 Å². The smallest absolute Gasteiger partial charge is 0.353 e. The number of nitrogens with two attached hydrogens (primary N) is 1. The first-order valence-corrected chi connectivity index (χ1v) is 3.36. The van der Waals surface area contributed by atoms with Crippen molar-refractivity contribution in [2.24, 2.45) is 5.73 Å². The van der Waals surface area contributed by atoms with Crippen LogP contribution in [0.25, 0.3) is 0 Å². The Kier molecular flexibility index (Phi) is 2.30. The van der Waals surface area contributed by atoms with Crippen molar-refractivity contribution in [3.05, 3.63) is 23.5 Å². The largest absolute Gasteiger partial charge is 0.407 e. The van der Waals surface area contributed by atoms with Crippen LogP contribution in [0.5, 0.6) is 0 Å². The molecule has 0 fully saturated rings. The van der Waals surface area contributed by atoms with Crippen LogP contribution in [-0.4, -0.2) is 11.2 Å². The minimum absolute atomic E-state index is 0.0645. The highest BCUT2D eigenvalue weighted by Crippen LogP contribution is 2.30. The number of H-pyrrole nitrogens is 1. The van der Waals surface area contributed by atoms with Crippen LogP contribution in [0.2, 0.25) is 0 Å². The quantitative estimate of drug-likeness (QED) is 0.702. The number of alkyl halides is 3. The molecule has 0 saturated carbocycles. The fourth-order valence-corrected chi connectivity index (χ4v) is 0.844. The molecule has 0 radical (unpaired) electrons. The monoisotopic (exact) mass is 189 g/mol. The van der Waals surface area contributed by atoms with Crippen molar-refractivity contribution in [1.82, 2.24) is 4.98 Å². The maximum atomic E-state index is 12.0. The molecule has 0 aliphatic heterocycles. The summed E-state index contributed by atoms with van der Waals surface area (Å²) in [5.74, 6) is 0. The van der Waals surface area contributed by atoms with Gasteiger partial charge in [-0.25, -0.2) is 0 Å². The summed E-state index contributed by atoms with van der Waals surface area (Å²) in [6, 6.07) is 0.720. The molecule has 0 saturated heterocycles. The minimum Gasteiger partial charge on any atom is -0.353 e. The Morgan fingerprint density at radius 2 is 2.15 bits per heavy atom. The van der Waals surface area contributed by atoms with Gasteiger partial charge in [-0.05, 0) is 11.6 Å². The van der Waals surface area contributed by atoms with Crippen LogP contribution in [0.3, 0.4) is 0 Å². The second-order valence-corrected chi connectivity index (χ2v) is 2.48. The molecular formula is C7H6F3N3. The molecule has 13 heavy (non-hydrogen) atoms. The summed E-state index contributed by atoms with van der Waals surface area (Å²) < 4.78 is 36.1. The van der Waals surface area contributed by atoms with Crippen molar-refractivity contribution in [3.63, 3.8) is 0 Å².